The quantitative estimate of drug-likeness (QED) is 0.681. The van der Waals surface area contributed by atoms with E-state index in [0.29, 0.717) is 12.1 Å². The van der Waals surface area contributed by atoms with Crippen LogP contribution in [-0.4, -0.2) is 14.7 Å². The van der Waals surface area contributed by atoms with Crippen molar-refractivity contribution in [3.63, 3.8) is 0 Å². The summed E-state index contributed by atoms with van der Waals surface area (Å²) in [5.74, 6) is -2.01. The highest BCUT2D eigenvalue weighted by Crippen LogP contribution is 2.25. The van der Waals surface area contributed by atoms with E-state index in [2.05, 4.69) is 10.4 Å². The van der Waals surface area contributed by atoms with Crippen LogP contribution in [0.25, 0.3) is 0 Å². The normalized spacial score (nSPS) is 10.5. The average molecular weight is 268 g/mol. The minimum atomic E-state index is -1.00. The SMILES string of the molecule is Cn1cc(CNc2c(F)cc([N+](=O)[O-])cc2F)cn1. The van der Waals surface area contributed by atoms with Crippen molar-refractivity contribution in [3.8, 4) is 0 Å². The van der Waals surface area contributed by atoms with Crippen LogP contribution in [-0.2, 0) is 13.6 Å². The first-order valence-corrected chi connectivity index (χ1v) is 5.32. The summed E-state index contributed by atoms with van der Waals surface area (Å²) in [6.07, 6.45) is 3.24. The molecule has 0 atom stereocenters. The molecule has 6 nitrogen and oxygen atoms in total. The molecule has 19 heavy (non-hydrogen) atoms. The zero-order valence-corrected chi connectivity index (χ0v) is 9.93. The zero-order chi connectivity index (χ0) is 14.0. The Morgan fingerprint density at radius 2 is 2.05 bits per heavy atom. The van der Waals surface area contributed by atoms with E-state index in [1.807, 2.05) is 0 Å². The van der Waals surface area contributed by atoms with Crippen LogP contribution in [0, 0.1) is 21.7 Å². The molecule has 0 aliphatic carbocycles. The minimum Gasteiger partial charge on any atom is -0.376 e. The number of hydrogen-bond donors (Lipinski definition) is 1. The van der Waals surface area contributed by atoms with Gasteiger partial charge in [0.05, 0.1) is 23.3 Å². The van der Waals surface area contributed by atoms with Crippen LogP contribution < -0.4 is 5.32 Å². The molecule has 0 bridgehead atoms. The first-order valence-electron chi connectivity index (χ1n) is 5.32. The highest BCUT2D eigenvalue weighted by atomic mass is 19.1. The summed E-state index contributed by atoms with van der Waals surface area (Å²) >= 11 is 0. The van der Waals surface area contributed by atoms with Gasteiger partial charge in [0.2, 0.25) is 0 Å². The molecule has 8 heteroatoms. The molecule has 0 aliphatic rings. The Morgan fingerprint density at radius 1 is 1.42 bits per heavy atom. The lowest BCUT2D eigenvalue weighted by molar-refractivity contribution is -0.385. The standard InChI is InChI=1S/C11H10F2N4O2/c1-16-6-7(5-15-16)4-14-11-9(12)2-8(17(18)19)3-10(11)13/h2-3,5-6,14H,4H2,1H3. The van der Waals surface area contributed by atoms with E-state index < -0.39 is 27.9 Å². The third kappa shape index (κ3) is 2.84. The first kappa shape index (κ1) is 12.9. The van der Waals surface area contributed by atoms with E-state index in [-0.39, 0.29) is 6.54 Å². The van der Waals surface area contributed by atoms with Crippen molar-refractivity contribution in [3.05, 3.63) is 51.8 Å². The molecule has 0 radical (unpaired) electrons. The van der Waals surface area contributed by atoms with E-state index in [0.717, 1.165) is 5.56 Å². The molecule has 0 spiro atoms. The van der Waals surface area contributed by atoms with Crippen LogP contribution >= 0.6 is 0 Å². The number of aryl methyl sites for hydroxylation is 1. The maximum absolute atomic E-state index is 13.6. The Bertz CT molecular complexity index is 604. The van der Waals surface area contributed by atoms with Gasteiger partial charge in [0.1, 0.15) is 5.69 Å². The van der Waals surface area contributed by atoms with Gasteiger partial charge in [-0.25, -0.2) is 8.78 Å². The number of rotatable bonds is 4. The Labute approximate surface area is 106 Å². The van der Waals surface area contributed by atoms with E-state index >= 15 is 0 Å². The van der Waals surface area contributed by atoms with Gasteiger partial charge in [-0.15, -0.1) is 0 Å². The minimum absolute atomic E-state index is 0.166. The lowest BCUT2D eigenvalue weighted by Crippen LogP contribution is -2.04. The molecule has 1 aromatic carbocycles. The lowest BCUT2D eigenvalue weighted by atomic mass is 10.2. The molecule has 1 aromatic heterocycles. The second-order valence-corrected chi connectivity index (χ2v) is 3.92. The number of aromatic nitrogens is 2. The van der Waals surface area contributed by atoms with Gasteiger partial charge < -0.3 is 5.32 Å². The van der Waals surface area contributed by atoms with Crippen molar-refractivity contribution in [2.75, 3.05) is 5.32 Å². The number of nitro groups is 1. The highest BCUT2D eigenvalue weighted by molar-refractivity contribution is 5.51. The molecule has 0 aliphatic heterocycles. The van der Waals surface area contributed by atoms with Gasteiger partial charge in [0, 0.05) is 25.4 Å². The summed E-state index contributed by atoms with van der Waals surface area (Å²) in [5, 5.41) is 16.9. The van der Waals surface area contributed by atoms with E-state index in [1.165, 1.54) is 0 Å². The number of halogens is 2. The molecule has 0 fully saturated rings. The van der Waals surface area contributed by atoms with Crippen LogP contribution in [0.2, 0.25) is 0 Å². The first-order chi connectivity index (χ1) is 8.97. The molecule has 0 amide bonds. The topological polar surface area (TPSA) is 73.0 Å². The Hall–Kier alpha value is -2.51. The number of nitrogens with zero attached hydrogens (tertiary/aromatic N) is 3. The number of nitrogens with one attached hydrogen (secondary N) is 1. The van der Waals surface area contributed by atoms with Crippen LogP contribution in [0.15, 0.2) is 24.5 Å². The van der Waals surface area contributed by atoms with Crippen molar-refractivity contribution < 1.29 is 13.7 Å². The Kier molecular flexibility index (Phi) is 3.41. The predicted molar refractivity (Wildman–Crippen MR) is 63.5 cm³/mol. The number of anilines is 1. The van der Waals surface area contributed by atoms with E-state index in [4.69, 9.17) is 0 Å². The molecule has 0 saturated heterocycles. The second-order valence-electron chi connectivity index (χ2n) is 3.92. The molecule has 2 aromatic rings. The summed E-state index contributed by atoms with van der Waals surface area (Å²) in [4.78, 5) is 9.59. The second kappa shape index (κ2) is 5.01. The van der Waals surface area contributed by atoms with E-state index in [1.54, 1.807) is 24.1 Å². The molecular formula is C11H10F2N4O2. The van der Waals surface area contributed by atoms with Gasteiger partial charge in [-0.2, -0.15) is 5.10 Å². The van der Waals surface area contributed by atoms with Gasteiger partial charge >= 0.3 is 0 Å². The number of benzene rings is 1. The fourth-order valence-electron chi connectivity index (χ4n) is 1.59. The van der Waals surface area contributed by atoms with Gasteiger partial charge in [-0.05, 0) is 0 Å². The van der Waals surface area contributed by atoms with Crippen molar-refractivity contribution in [2.24, 2.45) is 7.05 Å². The highest BCUT2D eigenvalue weighted by Gasteiger charge is 2.16. The molecular weight excluding hydrogens is 258 g/mol. The number of non-ortho nitro benzene ring substituents is 1. The van der Waals surface area contributed by atoms with Crippen molar-refractivity contribution in [2.45, 2.75) is 6.54 Å². The van der Waals surface area contributed by atoms with Crippen LogP contribution in [0.1, 0.15) is 5.56 Å². The van der Waals surface area contributed by atoms with Gasteiger partial charge in [-0.1, -0.05) is 0 Å². The summed E-state index contributed by atoms with van der Waals surface area (Å²) in [6, 6.07) is 1.35. The van der Waals surface area contributed by atoms with Gasteiger partial charge in [-0.3, -0.25) is 14.8 Å². The fraction of sp³-hybridized carbons (Fsp3) is 0.182. The summed E-state index contributed by atoms with van der Waals surface area (Å²) < 4.78 is 28.7. The Morgan fingerprint density at radius 3 is 2.53 bits per heavy atom. The average Bonchev–Trinajstić information content (AvgIpc) is 2.73. The molecule has 1 N–H and O–H groups in total. The molecule has 2 rings (SSSR count). The Balaban J connectivity index is 2.18. The molecule has 0 saturated carbocycles. The fourth-order valence-corrected chi connectivity index (χ4v) is 1.59. The van der Waals surface area contributed by atoms with Crippen LogP contribution in [0.3, 0.4) is 0 Å². The van der Waals surface area contributed by atoms with Gasteiger partial charge in [0.25, 0.3) is 5.69 Å². The summed E-state index contributed by atoms with van der Waals surface area (Å²) in [5.41, 5.74) is -0.281. The van der Waals surface area contributed by atoms with Crippen molar-refractivity contribution in [1.29, 1.82) is 0 Å². The maximum atomic E-state index is 13.6. The maximum Gasteiger partial charge on any atom is 0.275 e. The smallest absolute Gasteiger partial charge is 0.275 e. The summed E-state index contributed by atoms with van der Waals surface area (Å²) in [7, 11) is 1.72. The third-order valence-electron chi connectivity index (χ3n) is 2.47. The van der Waals surface area contributed by atoms with Crippen molar-refractivity contribution in [1.82, 2.24) is 9.78 Å². The molecule has 0 unspecified atom stereocenters. The largest absolute Gasteiger partial charge is 0.376 e. The van der Waals surface area contributed by atoms with E-state index in [9.17, 15) is 18.9 Å². The monoisotopic (exact) mass is 268 g/mol. The molecule has 1 heterocycles. The molecule has 100 valence electrons. The summed E-state index contributed by atoms with van der Waals surface area (Å²) in [6.45, 7) is 0.166. The van der Waals surface area contributed by atoms with Crippen molar-refractivity contribution >= 4 is 11.4 Å². The lowest BCUT2D eigenvalue weighted by Gasteiger charge is -2.07. The van der Waals surface area contributed by atoms with Gasteiger partial charge in [0.15, 0.2) is 11.6 Å². The number of nitro benzene ring substituents is 1. The van der Waals surface area contributed by atoms with Crippen LogP contribution in [0.4, 0.5) is 20.2 Å². The third-order valence-corrected chi connectivity index (χ3v) is 2.47. The number of hydrogen-bond acceptors (Lipinski definition) is 4. The van der Waals surface area contributed by atoms with Crippen LogP contribution in [0.5, 0.6) is 0 Å². The predicted octanol–water partition coefficient (Wildman–Crippen LogP) is 2.22. The zero-order valence-electron chi connectivity index (χ0n) is 9.93.